The maximum atomic E-state index is 12.6. The molecule has 0 saturated heterocycles. The lowest BCUT2D eigenvalue weighted by atomic mass is 10.1. The summed E-state index contributed by atoms with van der Waals surface area (Å²) in [6.45, 7) is 0. The molecule has 2 heterocycles. The van der Waals surface area contributed by atoms with Crippen molar-refractivity contribution in [1.82, 2.24) is 9.97 Å². The van der Waals surface area contributed by atoms with Gasteiger partial charge in [0.15, 0.2) is 17.3 Å². The predicted molar refractivity (Wildman–Crippen MR) is 96.0 cm³/mol. The molecule has 0 bridgehead atoms. The Labute approximate surface area is 156 Å². The van der Waals surface area contributed by atoms with Crippen LogP contribution in [0.5, 0.6) is 11.5 Å². The molecule has 0 aromatic carbocycles. The van der Waals surface area contributed by atoms with Crippen molar-refractivity contribution in [3.05, 3.63) is 46.0 Å². The number of ketones is 1. The van der Waals surface area contributed by atoms with E-state index in [0.29, 0.717) is 27.1 Å². The second kappa shape index (κ2) is 8.02. The predicted octanol–water partition coefficient (Wildman–Crippen LogP) is 4.54. The Kier molecular flexibility index (Phi) is 5.76. The average Bonchev–Trinajstić information content (AvgIpc) is 3.11. The number of aromatic nitrogens is 2. The number of halogens is 2. The Bertz CT molecular complexity index is 757. The van der Waals surface area contributed by atoms with Crippen molar-refractivity contribution >= 4 is 29.0 Å². The molecule has 0 radical (unpaired) electrons. The molecule has 7 heteroatoms. The zero-order valence-corrected chi connectivity index (χ0v) is 15.3. The largest absolute Gasteiger partial charge is 0.491 e. The quantitative estimate of drug-likeness (QED) is 0.688. The number of rotatable bonds is 6. The summed E-state index contributed by atoms with van der Waals surface area (Å²) in [5, 5.41) is 0.716. The van der Waals surface area contributed by atoms with Crippen molar-refractivity contribution in [2.75, 3.05) is 7.11 Å². The zero-order chi connectivity index (χ0) is 17.8. The Balaban J connectivity index is 1.82. The van der Waals surface area contributed by atoms with E-state index < -0.39 is 0 Å². The van der Waals surface area contributed by atoms with Crippen LogP contribution in [0.1, 0.15) is 41.7 Å². The lowest BCUT2D eigenvalue weighted by Gasteiger charge is -2.16. The van der Waals surface area contributed by atoms with E-state index in [1.807, 2.05) is 0 Å². The van der Waals surface area contributed by atoms with Gasteiger partial charge in [0.2, 0.25) is 0 Å². The van der Waals surface area contributed by atoms with E-state index >= 15 is 0 Å². The molecule has 25 heavy (non-hydrogen) atoms. The van der Waals surface area contributed by atoms with Crippen molar-refractivity contribution in [2.45, 2.75) is 38.2 Å². The SMILES string of the molecule is COc1cnc(C(=O)Cc2c(Cl)cncc2Cl)cc1OC1CCCC1. The highest BCUT2D eigenvalue weighted by molar-refractivity contribution is 6.36. The first-order valence-corrected chi connectivity index (χ1v) is 8.86. The number of methoxy groups -OCH3 is 1. The first-order chi connectivity index (χ1) is 12.1. The minimum Gasteiger partial charge on any atom is -0.491 e. The summed E-state index contributed by atoms with van der Waals surface area (Å²) < 4.78 is 11.3. The van der Waals surface area contributed by atoms with E-state index in [1.54, 1.807) is 13.2 Å². The molecule has 1 aliphatic rings. The van der Waals surface area contributed by atoms with Crippen LogP contribution in [0.25, 0.3) is 0 Å². The molecular weight excluding hydrogens is 363 g/mol. The van der Waals surface area contributed by atoms with E-state index in [1.165, 1.54) is 18.6 Å². The third-order valence-corrected chi connectivity index (χ3v) is 4.87. The molecule has 3 rings (SSSR count). The number of carbonyl (C=O) groups is 1. The van der Waals surface area contributed by atoms with Gasteiger partial charge >= 0.3 is 0 Å². The zero-order valence-electron chi connectivity index (χ0n) is 13.8. The first kappa shape index (κ1) is 18.0. The molecular formula is C18H18Cl2N2O3. The van der Waals surface area contributed by atoms with Crippen LogP contribution in [0.2, 0.25) is 10.0 Å². The molecule has 0 amide bonds. The molecule has 132 valence electrons. The molecule has 1 aliphatic carbocycles. The molecule has 0 aliphatic heterocycles. The Morgan fingerprint density at radius 1 is 1.16 bits per heavy atom. The van der Waals surface area contributed by atoms with Crippen LogP contribution >= 0.6 is 23.2 Å². The van der Waals surface area contributed by atoms with Gasteiger partial charge in [0.05, 0.1) is 29.5 Å². The molecule has 1 saturated carbocycles. The molecule has 1 fully saturated rings. The van der Waals surface area contributed by atoms with Crippen LogP contribution in [0.4, 0.5) is 0 Å². The molecule has 2 aromatic heterocycles. The van der Waals surface area contributed by atoms with E-state index in [-0.39, 0.29) is 24.0 Å². The number of pyridine rings is 2. The summed E-state index contributed by atoms with van der Waals surface area (Å²) in [5.41, 5.74) is 0.831. The number of ether oxygens (including phenoxy) is 2. The minimum absolute atomic E-state index is 0.0440. The van der Waals surface area contributed by atoms with E-state index in [2.05, 4.69) is 9.97 Å². The van der Waals surface area contributed by atoms with Crippen LogP contribution in [-0.4, -0.2) is 29.0 Å². The van der Waals surface area contributed by atoms with Gasteiger partial charge in [0, 0.05) is 30.4 Å². The van der Waals surface area contributed by atoms with Crippen molar-refractivity contribution < 1.29 is 14.3 Å². The summed E-state index contributed by atoms with van der Waals surface area (Å²) in [5.74, 6) is 0.858. The number of hydrogen-bond donors (Lipinski definition) is 0. The van der Waals surface area contributed by atoms with Crippen LogP contribution in [-0.2, 0) is 6.42 Å². The van der Waals surface area contributed by atoms with Gasteiger partial charge in [-0.15, -0.1) is 0 Å². The number of nitrogens with zero attached hydrogens (tertiary/aromatic N) is 2. The van der Waals surface area contributed by atoms with Crippen molar-refractivity contribution in [2.24, 2.45) is 0 Å². The summed E-state index contributed by atoms with van der Waals surface area (Å²) >= 11 is 12.2. The van der Waals surface area contributed by atoms with Gasteiger partial charge in [0.1, 0.15) is 5.69 Å². The standard InChI is InChI=1S/C18H18Cl2N2O3/c1-24-18-10-22-15(7-17(18)25-11-4-2-3-5-11)16(23)6-12-13(19)8-21-9-14(12)20/h7-11H,2-6H2,1H3. The van der Waals surface area contributed by atoms with Gasteiger partial charge in [-0.25, -0.2) is 4.98 Å². The normalized spacial score (nSPS) is 14.5. The third kappa shape index (κ3) is 4.22. The topological polar surface area (TPSA) is 61.3 Å². The maximum absolute atomic E-state index is 12.6. The fourth-order valence-corrected chi connectivity index (χ4v) is 3.36. The highest BCUT2D eigenvalue weighted by atomic mass is 35.5. The molecule has 0 spiro atoms. The van der Waals surface area contributed by atoms with Crippen LogP contribution in [0, 0.1) is 0 Å². The van der Waals surface area contributed by atoms with Gasteiger partial charge < -0.3 is 9.47 Å². The Morgan fingerprint density at radius 3 is 2.48 bits per heavy atom. The van der Waals surface area contributed by atoms with Gasteiger partial charge in [0.25, 0.3) is 0 Å². The van der Waals surface area contributed by atoms with Gasteiger partial charge in [-0.1, -0.05) is 23.2 Å². The molecule has 0 N–H and O–H groups in total. The second-order valence-corrected chi connectivity index (χ2v) is 6.74. The third-order valence-electron chi connectivity index (χ3n) is 4.22. The fraction of sp³-hybridized carbons (Fsp3) is 0.389. The summed E-state index contributed by atoms with van der Waals surface area (Å²) in [6.07, 6.45) is 8.97. The van der Waals surface area contributed by atoms with Crippen LogP contribution < -0.4 is 9.47 Å². The number of carbonyl (C=O) groups excluding carboxylic acids is 1. The highest BCUT2D eigenvalue weighted by Crippen LogP contribution is 2.32. The second-order valence-electron chi connectivity index (χ2n) is 5.93. The average molecular weight is 381 g/mol. The van der Waals surface area contributed by atoms with E-state index in [4.69, 9.17) is 32.7 Å². The molecule has 0 unspecified atom stereocenters. The van der Waals surface area contributed by atoms with E-state index in [0.717, 1.165) is 25.7 Å². The highest BCUT2D eigenvalue weighted by Gasteiger charge is 2.21. The Hall–Kier alpha value is -1.85. The lowest BCUT2D eigenvalue weighted by Crippen LogP contribution is -2.13. The summed E-state index contributed by atoms with van der Waals surface area (Å²) in [4.78, 5) is 20.7. The lowest BCUT2D eigenvalue weighted by molar-refractivity contribution is 0.0987. The van der Waals surface area contributed by atoms with Gasteiger partial charge in [-0.2, -0.15) is 0 Å². The molecule has 5 nitrogen and oxygen atoms in total. The van der Waals surface area contributed by atoms with Crippen molar-refractivity contribution in [1.29, 1.82) is 0 Å². The monoisotopic (exact) mass is 380 g/mol. The van der Waals surface area contributed by atoms with Gasteiger partial charge in [-0.05, 0) is 25.7 Å². The van der Waals surface area contributed by atoms with Gasteiger partial charge in [-0.3, -0.25) is 9.78 Å². The van der Waals surface area contributed by atoms with E-state index in [9.17, 15) is 4.79 Å². The Morgan fingerprint density at radius 2 is 1.84 bits per heavy atom. The molecule has 2 aromatic rings. The van der Waals surface area contributed by atoms with Crippen LogP contribution in [0.3, 0.4) is 0 Å². The number of hydrogen-bond acceptors (Lipinski definition) is 5. The summed E-state index contributed by atoms with van der Waals surface area (Å²) in [6, 6.07) is 1.63. The first-order valence-electron chi connectivity index (χ1n) is 8.10. The van der Waals surface area contributed by atoms with Crippen LogP contribution in [0.15, 0.2) is 24.7 Å². The minimum atomic E-state index is -0.200. The fourth-order valence-electron chi connectivity index (χ4n) is 2.87. The maximum Gasteiger partial charge on any atom is 0.185 e. The number of Topliss-reactive ketones (excluding diaryl/α,β-unsaturated/α-hetero) is 1. The smallest absolute Gasteiger partial charge is 0.185 e. The summed E-state index contributed by atoms with van der Waals surface area (Å²) in [7, 11) is 1.55. The van der Waals surface area contributed by atoms with Crippen molar-refractivity contribution in [3.8, 4) is 11.5 Å². The molecule has 0 atom stereocenters. The van der Waals surface area contributed by atoms with Crippen molar-refractivity contribution in [3.63, 3.8) is 0 Å².